The Morgan fingerprint density at radius 1 is 0.769 bits per heavy atom. The Morgan fingerprint density at radius 2 is 1.50 bits per heavy atom. The lowest BCUT2D eigenvalue weighted by Crippen LogP contribution is -2.49. The van der Waals surface area contributed by atoms with Gasteiger partial charge >= 0.3 is 0 Å². The van der Waals surface area contributed by atoms with Crippen LogP contribution in [-0.4, -0.2) is 51.9 Å². The van der Waals surface area contributed by atoms with Crippen LogP contribution in [0.15, 0.2) is 67.1 Å². The summed E-state index contributed by atoms with van der Waals surface area (Å²) in [6.45, 7) is 2.72. The van der Waals surface area contributed by atoms with Crippen LogP contribution >= 0.6 is 0 Å². The van der Waals surface area contributed by atoms with Crippen molar-refractivity contribution in [1.29, 1.82) is 0 Å². The minimum Gasteiger partial charge on any atom is -0.337 e. The van der Waals surface area contributed by atoms with Gasteiger partial charge in [0.2, 0.25) is 5.95 Å². The Morgan fingerprint density at radius 3 is 2.15 bits per heavy atom. The minimum absolute atomic E-state index is 0.0294. The molecule has 1 saturated heterocycles. The molecule has 1 aliphatic heterocycles. The van der Waals surface area contributed by atoms with Crippen molar-refractivity contribution < 1.29 is 4.79 Å². The molecule has 0 saturated carbocycles. The molecule has 3 aromatic rings. The van der Waals surface area contributed by atoms with E-state index in [4.69, 9.17) is 0 Å². The Bertz CT molecular complexity index is 860. The normalized spacial score (nSPS) is 14.3. The van der Waals surface area contributed by atoms with Crippen LogP contribution in [-0.2, 0) is 0 Å². The van der Waals surface area contributed by atoms with Crippen molar-refractivity contribution in [1.82, 2.24) is 19.9 Å². The summed E-state index contributed by atoms with van der Waals surface area (Å²) < 4.78 is 0. The first-order valence-electron chi connectivity index (χ1n) is 8.64. The number of hydrogen-bond acceptors (Lipinski definition) is 5. The first kappa shape index (κ1) is 16.2. The Labute approximate surface area is 152 Å². The summed E-state index contributed by atoms with van der Waals surface area (Å²) in [6, 6.07) is 15.6. The third kappa shape index (κ3) is 3.39. The molecule has 4 rings (SSSR count). The second-order valence-electron chi connectivity index (χ2n) is 6.13. The molecular formula is C20H19N5O. The van der Waals surface area contributed by atoms with Crippen molar-refractivity contribution in [3.05, 3.63) is 72.8 Å². The molecule has 0 atom stereocenters. The smallest absolute Gasteiger partial charge is 0.272 e. The Kier molecular flexibility index (Phi) is 4.55. The zero-order valence-corrected chi connectivity index (χ0v) is 14.3. The van der Waals surface area contributed by atoms with Gasteiger partial charge in [0.25, 0.3) is 5.91 Å². The molecule has 0 spiro atoms. The average Bonchev–Trinajstić information content (AvgIpc) is 2.75. The summed E-state index contributed by atoms with van der Waals surface area (Å²) >= 11 is 0. The molecule has 1 amide bonds. The maximum absolute atomic E-state index is 12.7. The van der Waals surface area contributed by atoms with E-state index in [1.165, 1.54) is 0 Å². The molecule has 0 bridgehead atoms. The highest BCUT2D eigenvalue weighted by atomic mass is 16.2. The van der Waals surface area contributed by atoms with Crippen molar-refractivity contribution in [2.45, 2.75) is 0 Å². The van der Waals surface area contributed by atoms with Crippen LogP contribution in [0.25, 0.3) is 11.1 Å². The molecule has 1 aliphatic rings. The topological polar surface area (TPSA) is 62.2 Å². The van der Waals surface area contributed by atoms with E-state index in [9.17, 15) is 4.79 Å². The summed E-state index contributed by atoms with van der Waals surface area (Å²) in [5.41, 5.74) is 2.58. The van der Waals surface area contributed by atoms with Crippen LogP contribution in [0.3, 0.4) is 0 Å². The molecule has 3 heterocycles. The van der Waals surface area contributed by atoms with E-state index in [1.807, 2.05) is 41.3 Å². The number of pyridine rings is 1. The summed E-state index contributed by atoms with van der Waals surface area (Å²) in [4.78, 5) is 29.5. The molecule has 6 nitrogen and oxygen atoms in total. The average molecular weight is 345 g/mol. The molecule has 0 unspecified atom stereocenters. The van der Waals surface area contributed by atoms with Gasteiger partial charge in [0.1, 0.15) is 5.69 Å². The van der Waals surface area contributed by atoms with Gasteiger partial charge < -0.3 is 9.80 Å². The van der Waals surface area contributed by atoms with Crippen LogP contribution in [0.4, 0.5) is 5.95 Å². The number of aromatic nitrogens is 3. The van der Waals surface area contributed by atoms with E-state index in [-0.39, 0.29) is 5.91 Å². The van der Waals surface area contributed by atoms with Gasteiger partial charge in [-0.2, -0.15) is 0 Å². The van der Waals surface area contributed by atoms with Gasteiger partial charge in [-0.25, -0.2) is 9.97 Å². The number of piperazine rings is 1. The van der Waals surface area contributed by atoms with E-state index < -0.39 is 0 Å². The number of nitrogens with zero attached hydrogens (tertiary/aromatic N) is 5. The Balaban J connectivity index is 1.41. The van der Waals surface area contributed by atoms with Crippen molar-refractivity contribution >= 4 is 11.9 Å². The zero-order valence-electron chi connectivity index (χ0n) is 14.3. The van der Waals surface area contributed by atoms with Crippen LogP contribution < -0.4 is 4.90 Å². The van der Waals surface area contributed by atoms with Crippen LogP contribution in [0, 0.1) is 0 Å². The van der Waals surface area contributed by atoms with Gasteiger partial charge in [0.15, 0.2) is 0 Å². The second kappa shape index (κ2) is 7.31. The fourth-order valence-corrected chi connectivity index (χ4v) is 3.05. The number of hydrogen-bond donors (Lipinski definition) is 0. The summed E-state index contributed by atoms with van der Waals surface area (Å²) in [5.74, 6) is 0.683. The number of rotatable bonds is 3. The van der Waals surface area contributed by atoms with Crippen molar-refractivity contribution in [2.75, 3.05) is 31.1 Å². The number of benzene rings is 1. The lowest BCUT2D eigenvalue weighted by Gasteiger charge is -2.34. The maximum atomic E-state index is 12.7. The summed E-state index contributed by atoms with van der Waals surface area (Å²) in [5, 5.41) is 0. The van der Waals surface area contributed by atoms with E-state index >= 15 is 0 Å². The van der Waals surface area contributed by atoms with Gasteiger partial charge in [-0.15, -0.1) is 0 Å². The number of amides is 1. The highest BCUT2D eigenvalue weighted by molar-refractivity contribution is 5.92. The largest absolute Gasteiger partial charge is 0.337 e. The van der Waals surface area contributed by atoms with Gasteiger partial charge in [0, 0.05) is 50.3 Å². The maximum Gasteiger partial charge on any atom is 0.272 e. The molecule has 0 N–H and O–H groups in total. The third-order valence-corrected chi connectivity index (χ3v) is 4.49. The first-order chi connectivity index (χ1) is 12.8. The monoisotopic (exact) mass is 345 g/mol. The van der Waals surface area contributed by atoms with E-state index in [2.05, 4.69) is 19.9 Å². The molecule has 0 aliphatic carbocycles. The molecule has 0 radical (unpaired) electrons. The van der Waals surface area contributed by atoms with Crippen LogP contribution in [0.1, 0.15) is 10.5 Å². The quantitative estimate of drug-likeness (QED) is 0.730. The summed E-state index contributed by atoms with van der Waals surface area (Å²) in [7, 11) is 0. The van der Waals surface area contributed by atoms with E-state index in [0.29, 0.717) is 24.7 Å². The molecule has 130 valence electrons. The first-order valence-corrected chi connectivity index (χ1v) is 8.64. The molecule has 6 heteroatoms. The van der Waals surface area contributed by atoms with E-state index in [0.717, 1.165) is 24.2 Å². The van der Waals surface area contributed by atoms with Gasteiger partial charge in [-0.3, -0.25) is 9.78 Å². The number of anilines is 1. The highest BCUT2D eigenvalue weighted by Crippen LogP contribution is 2.18. The molecule has 26 heavy (non-hydrogen) atoms. The standard InChI is InChI=1S/C20H19N5O/c26-19(18-8-7-17(15-23-18)16-5-2-1-3-6-16)24-11-13-25(14-12-24)20-21-9-4-10-22-20/h1-10,15H,11-14H2. The predicted octanol–water partition coefficient (Wildman–Crippen LogP) is 2.50. The molecular weight excluding hydrogens is 326 g/mol. The third-order valence-electron chi connectivity index (χ3n) is 4.49. The fraction of sp³-hybridized carbons (Fsp3) is 0.200. The summed E-state index contributed by atoms with van der Waals surface area (Å²) in [6.07, 6.45) is 5.23. The van der Waals surface area contributed by atoms with Crippen LogP contribution in [0.2, 0.25) is 0 Å². The lowest BCUT2D eigenvalue weighted by atomic mass is 10.1. The zero-order chi connectivity index (χ0) is 17.8. The molecule has 2 aromatic heterocycles. The predicted molar refractivity (Wildman–Crippen MR) is 99.8 cm³/mol. The minimum atomic E-state index is -0.0294. The van der Waals surface area contributed by atoms with Gasteiger partial charge in [-0.1, -0.05) is 36.4 Å². The highest BCUT2D eigenvalue weighted by Gasteiger charge is 2.24. The number of carbonyl (C=O) groups is 1. The lowest BCUT2D eigenvalue weighted by molar-refractivity contribution is 0.0740. The SMILES string of the molecule is O=C(c1ccc(-c2ccccc2)cn1)N1CCN(c2ncccn2)CC1. The molecule has 1 fully saturated rings. The number of carbonyl (C=O) groups excluding carboxylic acids is 1. The Hall–Kier alpha value is -3.28. The van der Waals surface area contributed by atoms with Crippen LogP contribution in [0.5, 0.6) is 0 Å². The van der Waals surface area contributed by atoms with Crippen molar-refractivity contribution in [3.63, 3.8) is 0 Å². The van der Waals surface area contributed by atoms with Crippen molar-refractivity contribution in [2.24, 2.45) is 0 Å². The van der Waals surface area contributed by atoms with E-state index in [1.54, 1.807) is 30.7 Å². The van der Waals surface area contributed by atoms with Crippen molar-refractivity contribution in [3.8, 4) is 11.1 Å². The second-order valence-corrected chi connectivity index (χ2v) is 6.13. The van der Waals surface area contributed by atoms with Gasteiger partial charge in [0.05, 0.1) is 0 Å². The fourth-order valence-electron chi connectivity index (χ4n) is 3.05. The van der Waals surface area contributed by atoms with Gasteiger partial charge in [-0.05, 0) is 17.7 Å². The molecule has 1 aromatic carbocycles.